The van der Waals surface area contributed by atoms with Crippen LogP contribution in [-0.4, -0.2) is 53.8 Å². The number of sulfonamides is 1. The van der Waals surface area contributed by atoms with Gasteiger partial charge in [0.2, 0.25) is 10.0 Å². The van der Waals surface area contributed by atoms with Crippen LogP contribution in [0.15, 0.2) is 24.3 Å². The molecule has 1 saturated heterocycles. The molecule has 0 unspecified atom stereocenters. The van der Waals surface area contributed by atoms with E-state index in [0.717, 1.165) is 29.7 Å². The van der Waals surface area contributed by atoms with Crippen LogP contribution in [0.2, 0.25) is 0 Å². The van der Waals surface area contributed by atoms with Crippen molar-refractivity contribution in [2.45, 2.75) is 51.1 Å². The van der Waals surface area contributed by atoms with Gasteiger partial charge < -0.3 is 5.32 Å². The number of rotatable bonds is 6. The molecule has 1 aliphatic heterocycles. The van der Waals surface area contributed by atoms with Gasteiger partial charge in [-0.05, 0) is 51.2 Å². The molecule has 0 radical (unpaired) electrons. The topological polar surface area (TPSA) is 108 Å². The van der Waals surface area contributed by atoms with Gasteiger partial charge >= 0.3 is 0 Å². The second kappa shape index (κ2) is 8.09. The minimum absolute atomic E-state index is 0.0125. The number of nitrogens with zero attached hydrogens (tertiary/aromatic N) is 4. The summed E-state index contributed by atoms with van der Waals surface area (Å²) < 4.78 is 26.8. The van der Waals surface area contributed by atoms with Crippen molar-refractivity contribution in [3.05, 3.63) is 41.1 Å². The van der Waals surface area contributed by atoms with E-state index in [-0.39, 0.29) is 23.9 Å². The molecule has 1 aromatic heterocycles. The van der Waals surface area contributed by atoms with Crippen molar-refractivity contribution < 1.29 is 13.2 Å². The van der Waals surface area contributed by atoms with E-state index in [0.29, 0.717) is 30.8 Å². The summed E-state index contributed by atoms with van der Waals surface area (Å²) in [5.41, 5.74) is 3.77. The Morgan fingerprint density at radius 3 is 2.42 bits per heavy atom. The second-order valence-corrected chi connectivity index (χ2v) is 10.7. The fraction of sp³-hybridized carbons (Fsp3) is 0.500. The van der Waals surface area contributed by atoms with Gasteiger partial charge in [-0.2, -0.15) is 10.4 Å². The lowest BCUT2D eigenvalue weighted by Crippen LogP contribution is -2.39. The number of carbonyl (C=O) groups is 1. The van der Waals surface area contributed by atoms with E-state index in [1.165, 1.54) is 10.6 Å². The quantitative estimate of drug-likeness (QED) is 0.741. The van der Waals surface area contributed by atoms with Gasteiger partial charge in [-0.25, -0.2) is 12.7 Å². The van der Waals surface area contributed by atoms with E-state index >= 15 is 0 Å². The average Bonchev–Trinajstić information content (AvgIpc) is 3.30. The van der Waals surface area contributed by atoms with Gasteiger partial charge in [0.05, 0.1) is 23.6 Å². The number of hydrogen-bond donors (Lipinski definition) is 1. The molecule has 1 atom stereocenters. The third-order valence-electron chi connectivity index (χ3n) is 5.88. The number of benzene rings is 1. The Morgan fingerprint density at radius 1 is 1.23 bits per heavy atom. The maximum Gasteiger partial charge on any atom is 0.270 e. The molecule has 0 bridgehead atoms. The average molecular weight is 442 g/mol. The van der Waals surface area contributed by atoms with Crippen LogP contribution in [0.4, 0.5) is 0 Å². The molecule has 1 amide bonds. The monoisotopic (exact) mass is 441 g/mol. The summed E-state index contributed by atoms with van der Waals surface area (Å²) in [6.07, 6.45) is 3.81. The highest BCUT2D eigenvalue weighted by Gasteiger charge is 2.37. The first kappa shape index (κ1) is 21.5. The highest BCUT2D eigenvalue weighted by molar-refractivity contribution is 7.88. The van der Waals surface area contributed by atoms with Crippen molar-refractivity contribution in [2.75, 3.05) is 19.3 Å². The number of hydrogen-bond acceptors (Lipinski definition) is 5. The third-order valence-corrected chi connectivity index (χ3v) is 7.15. The first-order chi connectivity index (χ1) is 14.7. The molecular weight excluding hydrogens is 414 g/mol. The normalized spacial score (nSPS) is 19.5. The Balaban J connectivity index is 1.69. The van der Waals surface area contributed by atoms with Crippen LogP contribution in [0.5, 0.6) is 0 Å². The summed E-state index contributed by atoms with van der Waals surface area (Å²) in [4.78, 5) is 13.4. The molecule has 2 aliphatic rings. The molecule has 164 valence electrons. The zero-order valence-corrected chi connectivity index (χ0v) is 18.8. The lowest BCUT2D eigenvalue weighted by atomic mass is 10.0. The van der Waals surface area contributed by atoms with Crippen LogP contribution >= 0.6 is 0 Å². The van der Waals surface area contributed by atoms with Gasteiger partial charge in [-0.15, -0.1) is 0 Å². The van der Waals surface area contributed by atoms with Gasteiger partial charge in [-0.3, -0.25) is 9.48 Å². The maximum atomic E-state index is 13.4. The second-order valence-electron chi connectivity index (χ2n) is 8.69. The number of nitriles is 1. The molecule has 2 aromatic rings. The van der Waals surface area contributed by atoms with E-state index in [9.17, 15) is 13.2 Å². The van der Waals surface area contributed by atoms with E-state index in [1.54, 1.807) is 16.8 Å². The Labute approximate surface area is 182 Å². The fourth-order valence-corrected chi connectivity index (χ4v) is 5.01. The van der Waals surface area contributed by atoms with Crippen LogP contribution in [0, 0.1) is 11.3 Å². The van der Waals surface area contributed by atoms with E-state index in [1.807, 2.05) is 26.0 Å². The van der Waals surface area contributed by atoms with E-state index < -0.39 is 10.0 Å². The van der Waals surface area contributed by atoms with Crippen molar-refractivity contribution in [1.82, 2.24) is 19.4 Å². The summed E-state index contributed by atoms with van der Waals surface area (Å²) in [6.45, 7) is 4.69. The number of nitrogens with one attached hydrogen (secondary N) is 1. The Morgan fingerprint density at radius 2 is 1.90 bits per heavy atom. The van der Waals surface area contributed by atoms with Crippen LogP contribution in [0.1, 0.15) is 66.7 Å². The van der Waals surface area contributed by atoms with Crippen LogP contribution < -0.4 is 5.32 Å². The predicted octanol–water partition coefficient (Wildman–Crippen LogP) is 2.64. The van der Waals surface area contributed by atoms with Gasteiger partial charge in [-0.1, -0.05) is 12.1 Å². The molecular formula is C22H27N5O3S. The molecule has 4 rings (SSSR count). The van der Waals surface area contributed by atoms with Crippen LogP contribution in [0.25, 0.3) is 11.3 Å². The Kier molecular flexibility index (Phi) is 5.62. The van der Waals surface area contributed by atoms with Crippen molar-refractivity contribution in [2.24, 2.45) is 0 Å². The van der Waals surface area contributed by atoms with Gasteiger partial charge in [0, 0.05) is 36.3 Å². The number of amides is 1. The molecule has 2 heterocycles. The molecule has 1 aliphatic carbocycles. The van der Waals surface area contributed by atoms with Crippen LogP contribution in [-0.2, 0) is 10.0 Å². The van der Waals surface area contributed by atoms with E-state index in [4.69, 9.17) is 10.4 Å². The van der Waals surface area contributed by atoms with Crippen LogP contribution in [0.3, 0.4) is 0 Å². The zero-order chi connectivity index (χ0) is 22.3. The number of aromatic nitrogens is 2. The minimum Gasteiger partial charge on any atom is -0.347 e. The summed E-state index contributed by atoms with van der Waals surface area (Å²) in [7, 11) is -3.27. The van der Waals surface area contributed by atoms with Gasteiger partial charge in [0.15, 0.2) is 0 Å². The predicted molar refractivity (Wildman–Crippen MR) is 117 cm³/mol. The Hall–Kier alpha value is -2.70. The maximum absolute atomic E-state index is 13.4. The first-order valence-electron chi connectivity index (χ1n) is 10.6. The molecule has 1 N–H and O–H groups in total. The van der Waals surface area contributed by atoms with Crippen molar-refractivity contribution in [1.29, 1.82) is 5.26 Å². The van der Waals surface area contributed by atoms with Gasteiger partial charge in [0.1, 0.15) is 5.69 Å². The van der Waals surface area contributed by atoms with E-state index in [2.05, 4.69) is 11.4 Å². The SMILES string of the molecule is CC(C)n1nc(-c2ccc(C#N)cc2)c(C2CC2)c1C(=O)N[C@@H]1CCN(S(C)(=O)=O)C1. The summed E-state index contributed by atoms with van der Waals surface area (Å²) in [5, 5.41) is 16.9. The summed E-state index contributed by atoms with van der Waals surface area (Å²) >= 11 is 0. The molecule has 9 heteroatoms. The third kappa shape index (κ3) is 4.36. The minimum atomic E-state index is -3.27. The first-order valence-corrected chi connectivity index (χ1v) is 12.4. The summed E-state index contributed by atoms with van der Waals surface area (Å²) in [5.74, 6) is 0.0818. The highest BCUT2D eigenvalue weighted by atomic mass is 32.2. The van der Waals surface area contributed by atoms with Crippen molar-refractivity contribution in [3.8, 4) is 17.3 Å². The highest BCUT2D eigenvalue weighted by Crippen LogP contribution is 2.46. The van der Waals surface area contributed by atoms with Gasteiger partial charge in [0.25, 0.3) is 5.91 Å². The largest absolute Gasteiger partial charge is 0.347 e. The molecule has 1 saturated carbocycles. The summed E-state index contributed by atoms with van der Waals surface area (Å²) in [6, 6.07) is 9.17. The number of carbonyl (C=O) groups excluding carboxylic acids is 1. The lowest BCUT2D eigenvalue weighted by Gasteiger charge is -2.17. The van der Waals surface area contributed by atoms with Crippen molar-refractivity contribution in [3.63, 3.8) is 0 Å². The standard InChI is InChI=1S/C22H27N5O3S/c1-14(2)27-21(22(28)24-18-10-11-26(13-18)31(3,29)30)19(16-8-9-16)20(25-27)17-6-4-15(12-23)5-7-17/h4-7,14,16,18H,8-11,13H2,1-3H3,(H,24,28)/t18-/m1/s1. The lowest BCUT2D eigenvalue weighted by molar-refractivity contribution is 0.0925. The van der Waals surface area contributed by atoms with Crippen molar-refractivity contribution >= 4 is 15.9 Å². The zero-order valence-electron chi connectivity index (χ0n) is 18.0. The fourth-order valence-electron chi connectivity index (χ4n) is 4.12. The smallest absolute Gasteiger partial charge is 0.270 e. The molecule has 1 aromatic carbocycles. The molecule has 8 nitrogen and oxygen atoms in total. The molecule has 2 fully saturated rings. The molecule has 0 spiro atoms. The Bertz CT molecular complexity index is 1140. The molecule has 31 heavy (non-hydrogen) atoms.